The van der Waals surface area contributed by atoms with Crippen LogP contribution in [0.15, 0.2) is 48.5 Å². The molecular formula is C26H32ClN3O4. The second-order valence-electron chi connectivity index (χ2n) is 8.49. The number of carbonyl (C=O) groups is 3. The normalized spacial score (nSPS) is 15.9. The minimum Gasteiger partial charge on any atom is -0.465 e. The van der Waals surface area contributed by atoms with Crippen molar-refractivity contribution in [3.8, 4) is 0 Å². The van der Waals surface area contributed by atoms with Crippen molar-refractivity contribution in [1.29, 1.82) is 0 Å². The van der Waals surface area contributed by atoms with E-state index in [0.29, 0.717) is 37.8 Å². The minimum atomic E-state index is -0.547. The molecule has 0 aromatic heterocycles. The quantitative estimate of drug-likeness (QED) is 0.577. The van der Waals surface area contributed by atoms with Gasteiger partial charge in [-0.25, -0.2) is 4.79 Å². The van der Waals surface area contributed by atoms with Crippen molar-refractivity contribution >= 4 is 29.4 Å². The molecule has 2 amide bonds. The van der Waals surface area contributed by atoms with Crippen molar-refractivity contribution in [2.75, 3.05) is 32.8 Å². The van der Waals surface area contributed by atoms with Gasteiger partial charge in [0.1, 0.15) is 6.04 Å². The van der Waals surface area contributed by atoms with Crippen LogP contribution < -0.4 is 5.32 Å². The summed E-state index contributed by atoms with van der Waals surface area (Å²) >= 11 is 6.02. The molecule has 7 nitrogen and oxygen atoms in total. The summed E-state index contributed by atoms with van der Waals surface area (Å²) in [5, 5.41) is 3.50. The standard InChI is InChI=1S/C26H32ClN3O4/c1-4-34-26(33)25(21-9-11-22(27)12-10-21)30-15-13-29(14-16-30)24(32)17-23(28-19(3)31)20-7-5-18(2)6-8-20/h5-12,23,25H,4,13-17H2,1-3H3,(H,28,31). The highest BCUT2D eigenvalue weighted by Gasteiger charge is 2.33. The molecule has 1 aliphatic rings. The highest BCUT2D eigenvalue weighted by molar-refractivity contribution is 6.30. The molecule has 3 rings (SSSR count). The lowest BCUT2D eigenvalue weighted by molar-refractivity contribution is -0.151. The Bertz CT molecular complexity index is 986. The molecule has 0 aliphatic carbocycles. The molecule has 2 atom stereocenters. The van der Waals surface area contributed by atoms with E-state index in [9.17, 15) is 14.4 Å². The number of aryl methyl sites for hydroxylation is 1. The number of rotatable bonds is 8. The summed E-state index contributed by atoms with van der Waals surface area (Å²) in [6.07, 6.45) is 0.182. The third-order valence-corrected chi connectivity index (χ3v) is 6.22. The molecule has 2 aromatic rings. The summed E-state index contributed by atoms with van der Waals surface area (Å²) < 4.78 is 5.33. The van der Waals surface area contributed by atoms with E-state index in [2.05, 4.69) is 5.32 Å². The average molecular weight is 486 g/mol. The number of nitrogens with zero attached hydrogens (tertiary/aromatic N) is 2. The second kappa shape index (κ2) is 12.0. The molecule has 8 heteroatoms. The predicted molar refractivity (Wildman–Crippen MR) is 131 cm³/mol. The van der Waals surface area contributed by atoms with Crippen LogP contribution in [0.4, 0.5) is 0 Å². The number of amides is 2. The number of ether oxygens (including phenoxy) is 1. The van der Waals surface area contributed by atoms with Crippen molar-refractivity contribution in [1.82, 2.24) is 15.1 Å². The van der Waals surface area contributed by atoms with E-state index in [4.69, 9.17) is 16.3 Å². The lowest BCUT2D eigenvalue weighted by Crippen LogP contribution is -2.51. The average Bonchev–Trinajstić information content (AvgIpc) is 2.81. The SMILES string of the molecule is CCOC(=O)C(c1ccc(Cl)cc1)N1CCN(C(=O)CC(NC(C)=O)c2ccc(C)cc2)CC1. The number of hydrogen-bond acceptors (Lipinski definition) is 5. The molecule has 1 heterocycles. The number of carbonyl (C=O) groups excluding carboxylic acids is 3. The zero-order valence-corrected chi connectivity index (χ0v) is 20.7. The Balaban J connectivity index is 1.67. The van der Waals surface area contributed by atoms with E-state index in [1.807, 2.05) is 48.2 Å². The van der Waals surface area contributed by atoms with Crippen molar-refractivity contribution in [2.45, 2.75) is 39.3 Å². The van der Waals surface area contributed by atoms with Crippen LogP contribution >= 0.6 is 11.6 Å². The first-order valence-corrected chi connectivity index (χ1v) is 11.9. The molecule has 1 N–H and O–H groups in total. The van der Waals surface area contributed by atoms with E-state index in [0.717, 1.165) is 16.7 Å². The Hall–Kier alpha value is -2.90. The molecule has 0 radical (unpaired) electrons. The largest absolute Gasteiger partial charge is 0.465 e. The Morgan fingerprint density at radius 2 is 1.56 bits per heavy atom. The molecule has 0 bridgehead atoms. The zero-order chi connectivity index (χ0) is 24.7. The first kappa shape index (κ1) is 25.7. The number of esters is 1. The van der Waals surface area contributed by atoms with Crippen LogP contribution in [0.5, 0.6) is 0 Å². The van der Waals surface area contributed by atoms with Gasteiger partial charge < -0.3 is 15.0 Å². The van der Waals surface area contributed by atoms with Gasteiger partial charge in [0.05, 0.1) is 19.1 Å². The van der Waals surface area contributed by atoms with Crippen LogP contribution in [0.25, 0.3) is 0 Å². The molecular weight excluding hydrogens is 454 g/mol. The van der Waals surface area contributed by atoms with Crippen LogP contribution in [0, 0.1) is 6.92 Å². The van der Waals surface area contributed by atoms with E-state index in [1.165, 1.54) is 6.92 Å². The zero-order valence-electron chi connectivity index (χ0n) is 19.9. The Labute approximate surface area is 206 Å². The van der Waals surface area contributed by atoms with Crippen LogP contribution in [-0.2, 0) is 19.1 Å². The van der Waals surface area contributed by atoms with Crippen LogP contribution in [0.3, 0.4) is 0 Å². The molecule has 1 fully saturated rings. The van der Waals surface area contributed by atoms with E-state index < -0.39 is 6.04 Å². The first-order valence-electron chi connectivity index (χ1n) is 11.6. The van der Waals surface area contributed by atoms with E-state index >= 15 is 0 Å². The molecule has 0 spiro atoms. The third kappa shape index (κ3) is 6.81. The maximum atomic E-state index is 13.1. The van der Waals surface area contributed by atoms with Gasteiger partial charge in [0, 0.05) is 38.1 Å². The summed E-state index contributed by atoms with van der Waals surface area (Å²) in [6.45, 7) is 7.58. The third-order valence-electron chi connectivity index (χ3n) is 5.96. The fourth-order valence-corrected chi connectivity index (χ4v) is 4.32. The van der Waals surface area contributed by atoms with Crippen LogP contribution in [0.2, 0.25) is 5.02 Å². The highest BCUT2D eigenvalue weighted by atomic mass is 35.5. The van der Waals surface area contributed by atoms with Crippen molar-refractivity contribution in [3.63, 3.8) is 0 Å². The summed E-state index contributed by atoms with van der Waals surface area (Å²) in [6, 6.07) is 14.1. The van der Waals surface area contributed by atoms with Crippen molar-refractivity contribution < 1.29 is 19.1 Å². The van der Waals surface area contributed by atoms with Gasteiger partial charge in [0.15, 0.2) is 0 Å². The number of nitrogens with one attached hydrogen (secondary N) is 1. The van der Waals surface area contributed by atoms with Gasteiger partial charge in [0.2, 0.25) is 11.8 Å². The fraction of sp³-hybridized carbons (Fsp3) is 0.423. The van der Waals surface area contributed by atoms with Crippen molar-refractivity contribution in [2.24, 2.45) is 0 Å². The van der Waals surface area contributed by atoms with Gasteiger partial charge in [-0.05, 0) is 37.1 Å². The maximum absolute atomic E-state index is 13.1. The summed E-state index contributed by atoms with van der Waals surface area (Å²) in [5.41, 5.74) is 2.83. The fourth-order valence-electron chi connectivity index (χ4n) is 4.19. The van der Waals surface area contributed by atoms with Gasteiger partial charge in [-0.3, -0.25) is 14.5 Å². The number of piperazine rings is 1. The van der Waals surface area contributed by atoms with Gasteiger partial charge in [-0.1, -0.05) is 53.6 Å². The molecule has 2 unspecified atom stereocenters. The monoisotopic (exact) mass is 485 g/mol. The Morgan fingerprint density at radius 1 is 0.971 bits per heavy atom. The smallest absolute Gasteiger partial charge is 0.328 e. The molecule has 34 heavy (non-hydrogen) atoms. The summed E-state index contributed by atoms with van der Waals surface area (Å²) in [7, 11) is 0. The van der Waals surface area contributed by atoms with Gasteiger partial charge in [-0.15, -0.1) is 0 Å². The number of benzene rings is 2. The molecule has 1 saturated heterocycles. The first-order chi connectivity index (χ1) is 16.3. The maximum Gasteiger partial charge on any atom is 0.328 e. The van der Waals surface area contributed by atoms with Crippen LogP contribution in [-0.4, -0.2) is 60.4 Å². The molecule has 1 aliphatic heterocycles. The Kier molecular flexibility index (Phi) is 9.07. The minimum absolute atomic E-state index is 0.0295. The highest BCUT2D eigenvalue weighted by Crippen LogP contribution is 2.26. The van der Waals surface area contributed by atoms with Gasteiger partial charge in [0.25, 0.3) is 0 Å². The second-order valence-corrected chi connectivity index (χ2v) is 8.93. The molecule has 182 valence electrons. The topological polar surface area (TPSA) is 79.0 Å². The van der Waals surface area contributed by atoms with Gasteiger partial charge in [-0.2, -0.15) is 0 Å². The predicted octanol–water partition coefficient (Wildman–Crippen LogP) is 3.66. The Morgan fingerprint density at radius 3 is 2.12 bits per heavy atom. The molecule has 2 aromatic carbocycles. The van der Waals surface area contributed by atoms with E-state index in [1.54, 1.807) is 24.0 Å². The summed E-state index contributed by atoms with van der Waals surface area (Å²) in [4.78, 5) is 41.4. The van der Waals surface area contributed by atoms with Crippen LogP contribution in [0.1, 0.15) is 49.0 Å². The van der Waals surface area contributed by atoms with Crippen molar-refractivity contribution in [3.05, 3.63) is 70.2 Å². The summed E-state index contributed by atoms with van der Waals surface area (Å²) in [5.74, 6) is -0.517. The lowest BCUT2D eigenvalue weighted by atomic mass is 10.0. The van der Waals surface area contributed by atoms with E-state index in [-0.39, 0.29) is 30.2 Å². The lowest BCUT2D eigenvalue weighted by Gasteiger charge is -2.38. The number of hydrogen-bond donors (Lipinski definition) is 1. The molecule has 0 saturated carbocycles. The number of halogens is 1. The van der Waals surface area contributed by atoms with Gasteiger partial charge >= 0.3 is 5.97 Å².